The Bertz CT molecular complexity index is 431. The predicted octanol–water partition coefficient (Wildman–Crippen LogP) is 2.43. The van der Waals surface area contributed by atoms with Crippen molar-refractivity contribution in [2.24, 2.45) is 0 Å². The number of hydrogen-bond acceptors (Lipinski definition) is 4. The number of ether oxygens (including phenoxy) is 1. The van der Waals surface area contributed by atoms with Crippen LogP contribution in [-0.2, 0) is 4.74 Å². The van der Waals surface area contributed by atoms with Crippen LogP contribution in [0, 0.1) is 5.82 Å². The normalized spacial score (nSPS) is 10.2. The number of carbonyl (C=O) groups is 1. The van der Waals surface area contributed by atoms with Gasteiger partial charge in [0.15, 0.2) is 0 Å². The zero-order valence-corrected chi connectivity index (χ0v) is 11.0. The molecule has 0 aliphatic heterocycles. The topological polar surface area (TPSA) is 55.6 Å². The van der Waals surface area contributed by atoms with Gasteiger partial charge in [0.25, 0.3) is 0 Å². The van der Waals surface area contributed by atoms with Gasteiger partial charge >= 0.3 is 5.97 Å². The van der Waals surface area contributed by atoms with E-state index in [9.17, 15) is 9.18 Å². The van der Waals surface area contributed by atoms with Gasteiger partial charge in [-0.25, -0.2) is 9.18 Å². The average Bonchev–Trinajstić information content (AvgIpc) is 2.33. The lowest BCUT2D eigenvalue weighted by molar-refractivity contribution is 0.0527. The molecule has 4 nitrogen and oxygen atoms in total. The van der Waals surface area contributed by atoms with Crippen LogP contribution in [0.1, 0.15) is 31.1 Å². The van der Waals surface area contributed by atoms with Crippen LogP contribution in [0.15, 0.2) is 12.1 Å². The highest BCUT2D eigenvalue weighted by atomic mass is 19.1. The second kappa shape index (κ2) is 6.23. The molecule has 100 valence electrons. The summed E-state index contributed by atoms with van der Waals surface area (Å²) < 4.78 is 18.7. The maximum absolute atomic E-state index is 13.8. The Morgan fingerprint density at radius 3 is 2.44 bits per heavy atom. The van der Waals surface area contributed by atoms with Crippen molar-refractivity contribution in [3.63, 3.8) is 0 Å². The van der Waals surface area contributed by atoms with Gasteiger partial charge in [0.1, 0.15) is 5.82 Å². The lowest BCUT2D eigenvalue weighted by atomic mass is 10.1. The van der Waals surface area contributed by atoms with Crippen molar-refractivity contribution in [2.75, 3.05) is 30.3 Å². The van der Waals surface area contributed by atoms with Crippen molar-refractivity contribution in [1.29, 1.82) is 0 Å². The molecule has 1 aromatic carbocycles. The molecule has 18 heavy (non-hydrogen) atoms. The van der Waals surface area contributed by atoms with E-state index in [1.165, 1.54) is 12.1 Å². The van der Waals surface area contributed by atoms with Gasteiger partial charge in [0.05, 0.1) is 17.9 Å². The number of rotatable bonds is 5. The Kier molecular flexibility index (Phi) is 4.95. The standard InChI is InChI=1S/C13H19FN2O2/c1-4-16(5-2)12-7-9(13(17)18-6-3)11(15)8-10(12)14/h7-8H,4-6,15H2,1-3H3. The van der Waals surface area contributed by atoms with Gasteiger partial charge < -0.3 is 15.4 Å². The van der Waals surface area contributed by atoms with E-state index in [4.69, 9.17) is 10.5 Å². The molecule has 0 unspecified atom stereocenters. The summed E-state index contributed by atoms with van der Waals surface area (Å²) in [7, 11) is 0. The molecule has 0 radical (unpaired) electrons. The van der Waals surface area contributed by atoms with Gasteiger partial charge in [-0.2, -0.15) is 0 Å². The molecule has 0 aromatic heterocycles. The second-order valence-corrected chi connectivity index (χ2v) is 3.78. The third-order valence-electron chi connectivity index (χ3n) is 2.72. The molecule has 1 aromatic rings. The highest BCUT2D eigenvalue weighted by molar-refractivity contribution is 5.96. The molecule has 0 fully saturated rings. The first-order chi connectivity index (χ1) is 8.54. The van der Waals surface area contributed by atoms with E-state index in [0.717, 1.165) is 0 Å². The Labute approximate surface area is 107 Å². The molecule has 0 atom stereocenters. The quantitative estimate of drug-likeness (QED) is 0.647. The van der Waals surface area contributed by atoms with E-state index in [2.05, 4.69) is 0 Å². The molecule has 0 saturated carbocycles. The van der Waals surface area contributed by atoms with Gasteiger partial charge in [0.2, 0.25) is 0 Å². The van der Waals surface area contributed by atoms with Crippen LogP contribution in [-0.4, -0.2) is 25.7 Å². The van der Waals surface area contributed by atoms with E-state index in [1.54, 1.807) is 6.92 Å². The van der Waals surface area contributed by atoms with E-state index < -0.39 is 11.8 Å². The number of anilines is 2. The average molecular weight is 254 g/mol. The predicted molar refractivity (Wildman–Crippen MR) is 70.3 cm³/mol. The number of nitrogens with zero attached hydrogens (tertiary/aromatic N) is 1. The molecular formula is C13H19FN2O2. The third kappa shape index (κ3) is 2.91. The fraction of sp³-hybridized carbons (Fsp3) is 0.462. The lowest BCUT2D eigenvalue weighted by Gasteiger charge is -2.22. The molecule has 0 bridgehead atoms. The van der Waals surface area contributed by atoms with Gasteiger partial charge in [-0.15, -0.1) is 0 Å². The van der Waals surface area contributed by atoms with Crippen molar-refractivity contribution >= 4 is 17.3 Å². The summed E-state index contributed by atoms with van der Waals surface area (Å²) in [6.45, 7) is 7.12. The van der Waals surface area contributed by atoms with E-state index in [-0.39, 0.29) is 17.9 Å². The van der Waals surface area contributed by atoms with E-state index >= 15 is 0 Å². The molecular weight excluding hydrogens is 235 g/mol. The zero-order chi connectivity index (χ0) is 13.7. The summed E-state index contributed by atoms with van der Waals surface area (Å²) in [6.07, 6.45) is 0. The number of halogens is 1. The summed E-state index contributed by atoms with van der Waals surface area (Å²) in [5, 5.41) is 0. The van der Waals surface area contributed by atoms with Gasteiger partial charge in [0, 0.05) is 18.8 Å². The number of benzene rings is 1. The summed E-state index contributed by atoms with van der Waals surface area (Å²) >= 11 is 0. The fourth-order valence-corrected chi connectivity index (χ4v) is 1.77. The zero-order valence-electron chi connectivity index (χ0n) is 11.0. The van der Waals surface area contributed by atoms with Crippen LogP contribution in [0.3, 0.4) is 0 Å². The summed E-state index contributed by atoms with van der Waals surface area (Å²) in [6, 6.07) is 2.62. The Morgan fingerprint density at radius 2 is 1.94 bits per heavy atom. The largest absolute Gasteiger partial charge is 0.462 e. The number of hydrogen-bond donors (Lipinski definition) is 1. The number of nitrogens with two attached hydrogens (primary N) is 1. The Hall–Kier alpha value is -1.78. The van der Waals surface area contributed by atoms with Crippen molar-refractivity contribution in [3.05, 3.63) is 23.5 Å². The second-order valence-electron chi connectivity index (χ2n) is 3.78. The number of nitrogen functional groups attached to an aromatic ring is 1. The maximum Gasteiger partial charge on any atom is 0.340 e. The maximum atomic E-state index is 13.8. The first kappa shape index (κ1) is 14.3. The van der Waals surface area contributed by atoms with Gasteiger partial charge in [-0.05, 0) is 32.9 Å². The molecule has 1 rings (SSSR count). The van der Waals surface area contributed by atoms with Gasteiger partial charge in [-0.3, -0.25) is 0 Å². The smallest absolute Gasteiger partial charge is 0.340 e. The molecule has 0 saturated heterocycles. The van der Waals surface area contributed by atoms with E-state index in [0.29, 0.717) is 18.8 Å². The minimum atomic E-state index is -0.525. The molecule has 0 aliphatic carbocycles. The first-order valence-corrected chi connectivity index (χ1v) is 6.06. The molecule has 0 heterocycles. The van der Waals surface area contributed by atoms with Crippen LogP contribution < -0.4 is 10.6 Å². The van der Waals surface area contributed by atoms with Crippen LogP contribution in [0.4, 0.5) is 15.8 Å². The fourth-order valence-electron chi connectivity index (χ4n) is 1.77. The minimum absolute atomic E-state index is 0.0989. The molecule has 0 amide bonds. The highest BCUT2D eigenvalue weighted by Crippen LogP contribution is 2.26. The Morgan fingerprint density at radius 1 is 1.33 bits per heavy atom. The van der Waals surface area contributed by atoms with Crippen LogP contribution in [0.5, 0.6) is 0 Å². The van der Waals surface area contributed by atoms with Crippen molar-refractivity contribution in [1.82, 2.24) is 0 Å². The molecule has 5 heteroatoms. The van der Waals surface area contributed by atoms with Crippen LogP contribution >= 0.6 is 0 Å². The van der Waals surface area contributed by atoms with Crippen LogP contribution in [0.2, 0.25) is 0 Å². The van der Waals surface area contributed by atoms with Gasteiger partial charge in [-0.1, -0.05) is 0 Å². The highest BCUT2D eigenvalue weighted by Gasteiger charge is 2.17. The molecule has 0 aliphatic rings. The molecule has 0 spiro atoms. The summed E-state index contributed by atoms with van der Waals surface area (Å²) in [4.78, 5) is 13.5. The Balaban J connectivity index is 3.21. The van der Waals surface area contributed by atoms with Crippen molar-refractivity contribution in [2.45, 2.75) is 20.8 Å². The van der Waals surface area contributed by atoms with Crippen molar-refractivity contribution < 1.29 is 13.9 Å². The SMILES string of the molecule is CCOC(=O)c1cc(N(CC)CC)c(F)cc1N. The van der Waals surface area contributed by atoms with Crippen LogP contribution in [0.25, 0.3) is 0 Å². The monoisotopic (exact) mass is 254 g/mol. The minimum Gasteiger partial charge on any atom is -0.462 e. The first-order valence-electron chi connectivity index (χ1n) is 6.06. The third-order valence-corrected chi connectivity index (χ3v) is 2.72. The summed E-state index contributed by atoms with van der Waals surface area (Å²) in [5.74, 6) is -0.951. The summed E-state index contributed by atoms with van der Waals surface area (Å²) in [5.41, 5.74) is 6.33. The number of carbonyl (C=O) groups excluding carboxylic acids is 1. The lowest BCUT2D eigenvalue weighted by Crippen LogP contribution is -2.24. The number of esters is 1. The van der Waals surface area contributed by atoms with E-state index in [1.807, 2.05) is 18.7 Å². The van der Waals surface area contributed by atoms with Crippen molar-refractivity contribution in [3.8, 4) is 0 Å². The molecule has 2 N–H and O–H groups in total.